The number of likely N-dealkylation sites (tertiary alicyclic amines) is 1. The maximum Gasteiger partial charge on any atom is 0.408 e. The second kappa shape index (κ2) is 10.4. The molecule has 0 spiro atoms. The van der Waals surface area contributed by atoms with E-state index in [0.717, 1.165) is 0 Å². The quantitative estimate of drug-likeness (QED) is 0.330. The third kappa shape index (κ3) is 5.29. The molecule has 1 aliphatic heterocycles. The molecular weight excluding hydrogens is 504 g/mol. The summed E-state index contributed by atoms with van der Waals surface area (Å²) >= 11 is 0. The molecule has 8 nitrogen and oxygen atoms in total. The molecule has 0 amide bonds. The standard InChI is InChI=1S/C26H28F4N6O2/c1-15(2)38-21-12-18(27)11-16-3-5-20(32-23(16)21)25-34-33-22-6-4-17(13-36(22)25)24(26(28,29)30)35-9-7-19(14-35)31-8-10-37/h3-6,11-13,15,19,24,31,37H,7-10,14H2,1-2H3/t19?,24-/m1/s1. The largest absolute Gasteiger partial charge is 0.489 e. The Morgan fingerprint density at radius 2 is 1.97 bits per heavy atom. The SMILES string of the molecule is CC(C)Oc1cc(F)cc2ccc(-c3nnc4ccc([C@@H](N5CCC(NCCO)C5)C(F)(F)F)cn34)nc12. The van der Waals surface area contributed by atoms with Crippen molar-refractivity contribution in [1.82, 2.24) is 29.8 Å². The maximum absolute atomic E-state index is 14.3. The molecule has 4 heterocycles. The van der Waals surface area contributed by atoms with Crippen molar-refractivity contribution in [2.75, 3.05) is 26.2 Å². The highest BCUT2D eigenvalue weighted by Gasteiger charge is 2.46. The molecule has 0 radical (unpaired) electrons. The zero-order valence-corrected chi connectivity index (χ0v) is 20.9. The van der Waals surface area contributed by atoms with E-state index in [0.29, 0.717) is 35.2 Å². The predicted octanol–water partition coefficient (Wildman–Crippen LogP) is 4.13. The van der Waals surface area contributed by atoms with Crippen LogP contribution in [0.5, 0.6) is 5.75 Å². The highest BCUT2D eigenvalue weighted by molar-refractivity contribution is 5.86. The first kappa shape index (κ1) is 26.3. The number of pyridine rings is 2. The lowest BCUT2D eigenvalue weighted by molar-refractivity contribution is -0.184. The Morgan fingerprint density at radius 1 is 1.16 bits per heavy atom. The van der Waals surface area contributed by atoms with Gasteiger partial charge in [0.05, 0.1) is 12.7 Å². The second-order valence-corrected chi connectivity index (χ2v) is 9.66. The Bertz CT molecular complexity index is 1440. The lowest BCUT2D eigenvalue weighted by Crippen LogP contribution is -2.40. The summed E-state index contributed by atoms with van der Waals surface area (Å²) in [7, 11) is 0. The van der Waals surface area contributed by atoms with Crippen LogP contribution in [-0.2, 0) is 0 Å². The van der Waals surface area contributed by atoms with Crippen LogP contribution in [0, 0.1) is 5.82 Å². The number of aliphatic hydroxyl groups is 1. The summed E-state index contributed by atoms with van der Waals surface area (Å²) in [5.74, 6) is 0.0597. The number of aromatic nitrogens is 4. The van der Waals surface area contributed by atoms with Crippen molar-refractivity contribution >= 4 is 16.6 Å². The van der Waals surface area contributed by atoms with Gasteiger partial charge in [-0.3, -0.25) is 9.30 Å². The minimum atomic E-state index is -4.51. The Kier molecular flexibility index (Phi) is 7.21. The van der Waals surface area contributed by atoms with Crippen molar-refractivity contribution in [1.29, 1.82) is 0 Å². The van der Waals surface area contributed by atoms with Gasteiger partial charge in [-0.1, -0.05) is 12.1 Å². The minimum absolute atomic E-state index is 0.0561. The van der Waals surface area contributed by atoms with Gasteiger partial charge in [0.15, 0.2) is 11.5 Å². The number of ether oxygens (including phenoxy) is 1. The topological polar surface area (TPSA) is 87.8 Å². The average Bonchev–Trinajstić information content (AvgIpc) is 3.48. The van der Waals surface area contributed by atoms with Gasteiger partial charge in [0.2, 0.25) is 0 Å². The monoisotopic (exact) mass is 532 g/mol. The van der Waals surface area contributed by atoms with E-state index in [-0.39, 0.29) is 49.0 Å². The number of rotatable bonds is 8. The number of halogens is 4. The summed E-state index contributed by atoms with van der Waals surface area (Å²) in [4.78, 5) is 6.03. The Balaban J connectivity index is 1.54. The summed E-state index contributed by atoms with van der Waals surface area (Å²) in [6, 6.07) is 6.87. The van der Waals surface area contributed by atoms with Gasteiger partial charge in [-0.05, 0) is 44.0 Å². The van der Waals surface area contributed by atoms with Crippen LogP contribution in [-0.4, -0.2) is 74.2 Å². The zero-order chi connectivity index (χ0) is 27.0. The lowest BCUT2D eigenvalue weighted by atomic mass is 10.1. The molecule has 1 saturated heterocycles. The minimum Gasteiger partial charge on any atom is -0.489 e. The van der Waals surface area contributed by atoms with Crippen LogP contribution in [0.2, 0.25) is 0 Å². The predicted molar refractivity (Wildman–Crippen MR) is 133 cm³/mol. The average molecular weight is 533 g/mol. The third-order valence-corrected chi connectivity index (χ3v) is 6.49. The molecular formula is C26H28F4N6O2. The smallest absolute Gasteiger partial charge is 0.408 e. The fraction of sp³-hybridized carbons (Fsp3) is 0.423. The fourth-order valence-corrected chi connectivity index (χ4v) is 4.94. The number of aliphatic hydroxyl groups excluding tert-OH is 1. The molecule has 1 unspecified atom stereocenters. The number of fused-ring (bicyclic) bond motifs is 2. The number of hydrogen-bond donors (Lipinski definition) is 2. The van der Waals surface area contributed by atoms with E-state index in [9.17, 15) is 17.6 Å². The van der Waals surface area contributed by atoms with Crippen molar-refractivity contribution in [3.8, 4) is 17.3 Å². The molecule has 4 aromatic rings. The Labute approximate surface area is 216 Å². The van der Waals surface area contributed by atoms with Crippen LogP contribution in [0.15, 0.2) is 42.6 Å². The molecule has 5 rings (SSSR count). The molecule has 1 fully saturated rings. The van der Waals surface area contributed by atoms with Crippen LogP contribution < -0.4 is 10.1 Å². The van der Waals surface area contributed by atoms with Gasteiger partial charge in [0.1, 0.15) is 28.8 Å². The first-order valence-corrected chi connectivity index (χ1v) is 12.4. The van der Waals surface area contributed by atoms with E-state index in [4.69, 9.17) is 9.84 Å². The third-order valence-electron chi connectivity index (χ3n) is 6.49. The normalized spacial score (nSPS) is 17.6. The molecule has 202 valence electrons. The van der Waals surface area contributed by atoms with Crippen molar-refractivity contribution in [2.24, 2.45) is 0 Å². The summed E-state index contributed by atoms with van der Waals surface area (Å²) in [5.41, 5.74) is 1.20. The number of nitrogens with one attached hydrogen (secondary N) is 1. The van der Waals surface area contributed by atoms with E-state index >= 15 is 0 Å². The number of hydrogen-bond acceptors (Lipinski definition) is 7. The number of nitrogens with zero attached hydrogens (tertiary/aromatic N) is 5. The van der Waals surface area contributed by atoms with Crippen molar-refractivity contribution in [2.45, 2.75) is 44.6 Å². The van der Waals surface area contributed by atoms with Gasteiger partial charge in [-0.2, -0.15) is 13.2 Å². The highest BCUT2D eigenvalue weighted by Crippen LogP contribution is 2.40. The van der Waals surface area contributed by atoms with E-state index in [1.54, 1.807) is 12.1 Å². The first-order valence-electron chi connectivity index (χ1n) is 12.4. The summed E-state index contributed by atoms with van der Waals surface area (Å²) in [5, 5.41) is 21.0. The molecule has 12 heteroatoms. The van der Waals surface area contributed by atoms with Gasteiger partial charge in [0, 0.05) is 43.3 Å². The first-order chi connectivity index (χ1) is 18.1. The lowest BCUT2D eigenvalue weighted by Gasteiger charge is -2.30. The van der Waals surface area contributed by atoms with Crippen LogP contribution in [0.4, 0.5) is 17.6 Å². The Morgan fingerprint density at radius 3 is 2.71 bits per heavy atom. The van der Waals surface area contributed by atoms with Gasteiger partial charge in [-0.15, -0.1) is 10.2 Å². The maximum atomic E-state index is 14.3. The zero-order valence-electron chi connectivity index (χ0n) is 20.9. The van der Waals surface area contributed by atoms with E-state index < -0.39 is 18.0 Å². The molecule has 2 atom stereocenters. The van der Waals surface area contributed by atoms with Crippen molar-refractivity contribution in [3.63, 3.8) is 0 Å². The Hall–Kier alpha value is -3.35. The van der Waals surface area contributed by atoms with E-state index in [1.807, 2.05) is 13.8 Å². The molecule has 2 N–H and O–H groups in total. The van der Waals surface area contributed by atoms with Crippen LogP contribution in [0.25, 0.3) is 28.1 Å². The van der Waals surface area contributed by atoms with E-state index in [2.05, 4.69) is 20.5 Å². The number of alkyl halides is 3. The summed E-state index contributed by atoms with van der Waals surface area (Å²) < 4.78 is 64.4. The molecule has 38 heavy (non-hydrogen) atoms. The van der Waals surface area contributed by atoms with E-state index in [1.165, 1.54) is 39.8 Å². The van der Waals surface area contributed by atoms with Gasteiger partial charge in [0.25, 0.3) is 0 Å². The molecule has 3 aromatic heterocycles. The van der Waals surface area contributed by atoms with Crippen molar-refractivity contribution < 1.29 is 27.4 Å². The molecule has 0 bridgehead atoms. The molecule has 0 aliphatic carbocycles. The van der Waals surface area contributed by atoms with Gasteiger partial charge in [-0.25, -0.2) is 9.37 Å². The number of benzene rings is 1. The van der Waals surface area contributed by atoms with Crippen LogP contribution in [0.1, 0.15) is 31.9 Å². The van der Waals surface area contributed by atoms with Gasteiger partial charge < -0.3 is 15.2 Å². The summed E-state index contributed by atoms with van der Waals surface area (Å²) in [6.07, 6.45) is -2.78. The van der Waals surface area contributed by atoms with Crippen LogP contribution in [0.3, 0.4) is 0 Å². The second-order valence-electron chi connectivity index (χ2n) is 9.66. The van der Waals surface area contributed by atoms with Crippen molar-refractivity contribution in [3.05, 3.63) is 54.0 Å². The molecule has 1 aliphatic rings. The summed E-state index contributed by atoms with van der Waals surface area (Å²) in [6.45, 7) is 4.36. The highest BCUT2D eigenvalue weighted by atomic mass is 19.4. The molecule has 1 aromatic carbocycles. The van der Waals surface area contributed by atoms with Crippen LogP contribution >= 0.6 is 0 Å². The molecule has 0 saturated carbocycles. The van der Waals surface area contributed by atoms with Gasteiger partial charge >= 0.3 is 6.18 Å². The fourth-order valence-electron chi connectivity index (χ4n) is 4.94.